The fourth-order valence-corrected chi connectivity index (χ4v) is 4.48. The van der Waals surface area contributed by atoms with E-state index in [0.717, 1.165) is 4.31 Å². The Bertz CT molecular complexity index is 1340. The van der Waals surface area contributed by atoms with Gasteiger partial charge < -0.3 is 10.1 Å². The van der Waals surface area contributed by atoms with Crippen molar-refractivity contribution in [3.8, 4) is 5.75 Å². The van der Waals surface area contributed by atoms with E-state index < -0.39 is 20.9 Å². The Morgan fingerprint density at radius 2 is 1.79 bits per heavy atom. The van der Waals surface area contributed by atoms with Gasteiger partial charge in [-0.2, -0.15) is 4.31 Å². The zero-order valence-electron chi connectivity index (χ0n) is 18.6. The lowest BCUT2D eigenvalue weighted by Crippen LogP contribution is -2.27. The molecule has 0 bridgehead atoms. The number of nitrogens with zero attached hydrogens (tertiary/aromatic N) is 2. The summed E-state index contributed by atoms with van der Waals surface area (Å²) in [7, 11) is -0.962. The van der Waals surface area contributed by atoms with E-state index in [-0.39, 0.29) is 22.7 Å². The van der Waals surface area contributed by atoms with Crippen LogP contribution in [0.3, 0.4) is 0 Å². The SMILES string of the molecule is COc1ccc(C(=O)Nc2cc([N+](=O)[O-])ccc2C)cc1CN(C)S(=O)(=O)c1ccc(Cl)cc1. The number of anilines is 1. The monoisotopic (exact) mass is 503 g/mol. The van der Waals surface area contributed by atoms with Crippen molar-refractivity contribution in [3.63, 3.8) is 0 Å². The van der Waals surface area contributed by atoms with Crippen molar-refractivity contribution >= 4 is 38.9 Å². The van der Waals surface area contributed by atoms with E-state index in [2.05, 4.69) is 5.32 Å². The van der Waals surface area contributed by atoms with E-state index >= 15 is 0 Å². The molecular formula is C23H22ClN3O6S. The van der Waals surface area contributed by atoms with E-state index in [1.807, 2.05) is 0 Å². The predicted octanol–water partition coefficient (Wildman–Crippen LogP) is 4.64. The van der Waals surface area contributed by atoms with Crippen molar-refractivity contribution in [3.05, 3.63) is 92.5 Å². The molecule has 3 aromatic rings. The van der Waals surface area contributed by atoms with Gasteiger partial charge in [-0.1, -0.05) is 17.7 Å². The number of ether oxygens (including phenoxy) is 1. The van der Waals surface area contributed by atoms with Crippen LogP contribution in [0.25, 0.3) is 0 Å². The number of hydrogen-bond acceptors (Lipinski definition) is 6. The molecule has 0 unspecified atom stereocenters. The minimum Gasteiger partial charge on any atom is -0.496 e. The molecule has 9 nitrogen and oxygen atoms in total. The molecule has 0 aromatic heterocycles. The summed E-state index contributed by atoms with van der Waals surface area (Å²) in [5.74, 6) is -0.100. The molecule has 0 radical (unpaired) electrons. The summed E-state index contributed by atoms with van der Waals surface area (Å²) < 4.78 is 32.4. The second-order valence-corrected chi connectivity index (χ2v) is 9.93. The number of nitrogens with one attached hydrogen (secondary N) is 1. The van der Waals surface area contributed by atoms with Gasteiger partial charge in [0, 0.05) is 41.9 Å². The average Bonchev–Trinajstić information content (AvgIpc) is 2.80. The Kier molecular flexibility index (Phi) is 7.55. The third-order valence-corrected chi connectivity index (χ3v) is 7.21. The third kappa shape index (κ3) is 5.53. The number of nitro groups is 1. The summed E-state index contributed by atoms with van der Waals surface area (Å²) in [4.78, 5) is 23.5. The fraction of sp³-hybridized carbons (Fsp3) is 0.174. The standard InChI is InChI=1S/C23H22ClN3O6S/c1-15-4-8-19(27(29)30)13-21(15)25-23(28)16-5-11-22(33-3)17(12-16)14-26(2)34(31,32)20-9-6-18(24)7-10-20/h4-13H,14H2,1-3H3,(H,25,28). The molecule has 0 saturated carbocycles. The van der Waals surface area contributed by atoms with Crippen LogP contribution in [-0.2, 0) is 16.6 Å². The molecule has 178 valence electrons. The second-order valence-electron chi connectivity index (χ2n) is 7.45. The molecule has 0 fully saturated rings. The molecule has 3 rings (SSSR count). The summed E-state index contributed by atoms with van der Waals surface area (Å²) in [5.41, 5.74) is 1.51. The quantitative estimate of drug-likeness (QED) is 0.353. The van der Waals surface area contributed by atoms with Crippen LogP contribution in [0.1, 0.15) is 21.5 Å². The Morgan fingerprint density at radius 1 is 1.12 bits per heavy atom. The smallest absolute Gasteiger partial charge is 0.271 e. The number of methoxy groups -OCH3 is 1. The Labute approximate surface area is 202 Å². The highest BCUT2D eigenvalue weighted by atomic mass is 35.5. The number of hydrogen-bond donors (Lipinski definition) is 1. The summed E-state index contributed by atoms with van der Waals surface area (Å²) in [6.45, 7) is 1.65. The van der Waals surface area contributed by atoms with E-state index in [0.29, 0.717) is 27.6 Å². The normalized spacial score (nSPS) is 11.3. The topological polar surface area (TPSA) is 119 Å². The first-order valence-electron chi connectivity index (χ1n) is 9.98. The van der Waals surface area contributed by atoms with Crippen LogP contribution in [0.4, 0.5) is 11.4 Å². The Hall–Kier alpha value is -3.47. The fourth-order valence-electron chi connectivity index (χ4n) is 3.21. The van der Waals surface area contributed by atoms with Gasteiger partial charge in [-0.15, -0.1) is 0 Å². The van der Waals surface area contributed by atoms with Crippen molar-refractivity contribution in [1.29, 1.82) is 0 Å². The molecule has 0 aliphatic carbocycles. The first kappa shape index (κ1) is 25.2. The van der Waals surface area contributed by atoms with Gasteiger partial charge >= 0.3 is 0 Å². The van der Waals surface area contributed by atoms with Crippen molar-refractivity contribution in [2.75, 3.05) is 19.5 Å². The van der Waals surface area contributed by atoms with Gasteiger partial charge in [0.15, 0.2) is 0 Å². The van der Waals surface area contributed by atoms with Gasteiger partial charge in [0.1, 0.15) is 5.75 Å². The number of aryl methyl sites for hydroxylation is 1. The van der Waals surface area contributed by atoms with Crippen molar-refractivity contribution < 1.29 is 22.9 Å². The lowest BCUT2D eigenvalue weighted by atomic mass is 10.1. The summed E-state index contributed by atoms with van der Waals surface area (Å²) in [6.07, 6.45) is 0. The highest BCUT2D eigenvalue weighted by Crippen LogP contribution is 2.26. The third-order valence-electron chi connectivity index (χ3n) is 5.14. The molecule has 0 aliphatic heterocycles. The first-order chi connectivity index (χ1) is 16.0. The van der Waals surface area contributed by atoms with E-state index in [4.69, 9.17) is 16.3 Å². The molecule has 0 heterocycles. The summed E-state index contributed by atoms with van der Waals surface area (Å²) in [5, 5.41) is 14.1. The van der Waals surface area contributed by atoms with Crippen molar-refractivity contribution in [2.45, 2.75) is 18.4 Å². The van der Waals surface area contributed by atoms with E-state index in [1.165, 1.54) is 62.7 Å². The maximum absolute atomic E-state index is 12.9. The van der Waals surface area contributed by atoms with Gasteiger partial charge in [0.05, 0.1) is 22.6 Å². The number of nitro benzene ring substituents is 1. The van der Waals surface area contributed by atoms with Crippen LogP contribution < -0.4 is 10.1 Å². The minimum atomic E-state index is -3.82. The molecule has 0 spiro atoms. The van der Waals surface area contributed by atoms with Gasteiger partial charge in [-0.05, 0) is 55.0 Å². The van der Waals surface area contributed by atoms with Gasteiger partial charge in [0.2, 0.25) is 10.0 Å². The van der Waals surface area contributed by atoms with Crippen LogP contribution >= 0.6 is 11.6 Å². The highest BCUT2D eigenvalue weighted by molar-refractivity contribution is 7.89. The minimum absolute atomic E-state index is 0.0644. The number of halogens is 1. The van der Waals surface area contributed by atoms with Crippen molar-refractivity contribution in [1.82, 2.24) is 4.31 Å². The highest BCUT2D eigenvalue weighted by Gasteiger charge is 2.23. The van der Waals surface area contributed by atoms with E-state index in [1.54, 1.807) is 19.1 Å². The maximum atomic E-state index is 12.9. The molecule has 1 amide bonds. The maximum Gasteiger partial charge on any atom is 0.271 e. The molecule has 0 atom stereocenters. The molecule has 0 saturated heterocycles. The van der Waals surface area contributed by atoms with Crippen LogP contribution in [0.2, 0.25) is 5.02 Å². The molecule has 11 heteroatoms. The largest absolute Gasteiger partial charge is 0.496 e. The van der Waals surface area contributed by atoms with Gasteiger partial charge in [-0.25, -0.2) is 8.42 Å². The summed E-state index contributed by atoms with van der Waals surface area (Å²) in [6, 6.07) is 14.6. The Balaban J connectivity index is 1.87. The van der Waals surface area contributed by atoms with Crippen LogP contribution in [0, 0.1) is 17.0 Å². The first-order valence-corrected chi connectivity index (χ1v) is 11.8. The predicted molar refractivity (Wildman–Crippen MR) is 129 cm³/mol. The summed E-state index contributed by atoms with van der Waals surface area (Å²) >= 11 is 5.85. The molecule has 34 heavy (non-hydrogen) atoms. The second kappa shape index (κ2) is 10.2. The lowest BCUT2D eigenvalue weighted by Gasteiger charge is -2.19. The van der Waals surface area contributed by atoms with Crippen LogP contribution in [0.15, 0.2) is 65.6 Å². The number of rotatable bonds is 8. The number of benzene rings is 3. The molecule has 1 N–H and O–H groups in total. The average molecular weight is 504 g/mol. The molecule has 3 aromatic carbocycles. The number of sulfonamides is 1. The number of carbonyl (C=O) groups is 1. The van der Waals surface area contributed by atoms with Gasteiger partial charge in [-0.3, -0.25) is 14.9 Å². The van der Waals surface area contributed by atoms with Crippen molar-refractivity contribution in [2.24, 2.45) is 0 Å². The van der Waals surface area contributed by atoms with Crippen LogP contribution in [0.5, 0.6) is 5.75 Å². The van der Waals surface area contributed by atoms with E-state index in [9.17, 15) is 23.3 Å². The zero-order chi connectivity index (χ0) is 25.0. The van der Waals surface area contributed by atoms with Crippen LogP contribution in [-0.4, -0.2) is 37.7 Å². The molecule has 0 aliphatic rings. The molecular weight excluding hydrogens is 482 g/mol. The Morgan fingerprint density at radius 3 is 2.41 bits per heavy atom. The number of non-ortho nitro benzene ring substituents is 1. The lowest BCUT2D eigenvalue weighted by molar-refractivity contribution is -0.384. The number of amides is 1. The van der Waals surface area contributed by atoms with Gasteiger partial charge in [0.25, 0.3) is 11.6 Å². The zero-order valence-corrected chi connectivity index (χ0v) is 20.2. The number of carbonyl (C=O) groups excluding carboxylic acids is 1.